The average molecular weight is 416 g/mol. The van der Waals surface area contributed by atoms with Crippen molar-refractivity contribution in [3.63, 3.8) is 0 Å². The van der Waals surface area contributed by atoms with Gasteiger partial charge in [-0.15, -0.1) is 11.3 Å². The maximum Gasteiger partial charge on any atom is 0.240 e. The fraction of sp³-hybridized carbons (Fsp3) is 0.375. The molecule has 0 saturated heterocycles. The molecule has 0 bridgehead atoms. The molecule has 2 aromatic rings. The molecule has 0 amide bonds. The van der Waals surface area contributed by atoms with Gasteiger partial charge in [-0.1, -0.05) is 17.7 Å². The maximum absolute atomic E-state index is 12.2. The van der Waals surface area contributed by atoms with Crippen molar-refractivity contribution in [3.05, 3.63) is 44.9 Å². The Hall–Kier alpha value is -1.68. The SMILES string of the molecule is CN=C(NCCNS(=O)(=O)c1cccc(Cl)c1)NCc1nc(C)c(C)s1. The van der Waals surface area contributed by atoms with Gasteiger partial charge in [-0.3, -0.25) is 4.99 Å². The van der Waals surface area contributed by atoms with Crippen LogP contribution in [0.3, 0.4) is 0 Å². The third-order valence-corrected chi connectivity index (χ3v) is 6.29. The normalized spacial score (nSPS) is 12.2. The third-order valence-electron chi connectivity index (χ3n) is 3.52. The van der Waals surface area contributed by atoms with E-state index in [4.69, 9.17) is 11.6 Å². The topological polar surface area (TPSA) is 95.5 Å². The van der Waals surface area contributed by atoms with Crippen LogP contribution >= 0.6 is 22.9 Å². The number of rotatable bonds is 7. The average Bonchev–Trinajstić information content (AvgIpc) is 2.92. The van der Waals surface area contributed by atoms with Crippen LogP contribution < -0.4 is 15.4 Å². The first-order valence-electron chi connectivity index (χ1n) is 7.94. The van der Waals surface area contributed by atoms with Gasteiger partial charge in [0.05, 0.1) is 17.1 Å². The number of aryl methyl sites for hydroxylation is 2. The molecule has 1 heterocycles. The van der Waals surface area contributed by atoms with Crippen LogP contribution in [0.1, 0.15) is 15.6 Å². The van der Waals surface area contributed by atoms with Crippen molar-refractivity contribution in [2.45, 2.75) is 25.3 Å². The van der Waals surface area contributed by atoms with Gasteiger partial charge in [-0.25, -0.2) is 18.1 Å². The second kappa shape index (κ2) is 9.31. The van der Waals surface area contributed by atoms with Gasteiger partial charge in [0.25, 0.3) is 0 Å². The number of nitrogens with zero attached hydrogens (tertiary/aromatic N) is 2. The van der Waals surface area contributed by atoms with E-state index in [1.807, 2.05) is 13.8 Å². The zero-order chi connectivity index (χ0) is 19.2. The minimum Gasteiger partial charge on any atom is -0.355 e. The smallest absolute Gasteiger partial charge is 0.240 e. The van der Waals surface area contributed by atoms with Crippen LogP contribution in [0.15, 0.2) is 34.2 Å². The van der Waals surface area contributed by atoms with E-state index in [1.165, 1.54) is 17.0 Å². The van der Waals surface area contributed by atoms with Crippen molar-refractivity contribution >= 4 is 38.9 Å². The molecule has 2 rings (SSSR count). The molecule has 0 fully saturated rings. The summed E-state index contributed by atoms with van der Waals surface area (Å²) >= 11 is 7.47. The highest BCUT2D eigenvalue weighted by atomic mass is 35.5. The van der Waals surface area contributed by atoms with E-state index >= 15 is 0 Å². The molecule has 0 spiro atoms. The Morgan fingerprint density at radius 3 is 2.65 bits per heavy atom. The van der Waals surface area contributed by atoms with E-state index in [9.17, 15) is 8.42 Å². The molecule has 1 aromatic carbocycles. The largest absolute Gasteiger partial charge is 0.355 e. The Labute approximate surface area is 163 Å². The van der Waals surface area contributed by atoms with E-state index in [2.05, 4.69) is 25.3 Å². The number of aromatic nitrogens is 1. The highest BCUT2D eigenvalue weighted by Gasteiger charge is 2.13. The lowest BCUT2D eigenvalue weighted by Gasteiger charge is -2.12. The third kappa shape index (κ3) is 5.94. The highest BCUT2D eigenvalue weighted by molar-refractivity contribution is 7.89. The first kappa shape index (κ1) is 20.6. The molecule has 0 aliphatic carbocycles. The molecule has 0 saturated carbocycles. The number of benzene rings is 1. The first-order chi connectivity index (χ1) is 12.3. The van der Waals surface area contributed by atoms with E-state index in [1.54, 1.807) is 30.5 Å². The number of thiazole rings is 1. The summed E-state index contributed by atoms with van der Waals surface area (Å²) in [6, 6.07) is 6.14. The Kier molecular flexibility index (Phi) is 7.39. The van der Waals surface area contributed by atoms with Crippen molar-refractivity contribution in [2.75, 3.05) is 20.1 Å². The molecule has 3 N–H and O–H groups in total. The number of hydrogen-bond donors (Lipinski definition) is 3. The Bertz CT molecular complexity index is 861. The molecule has 0 atom stereocenters. The van der Waals surface area contributed by atoms with E-state index in [0.717, 1.165) is 10.7 Å². The van der Waals surface area contributed by atoms with E-state index in [-0.39, 0.29) is 11.4 Å². The lowest BCUT2D eigenvalue weighted by atomic mass is 10.4. The summed E-state index contributed by atoms with van der Waals surface area (Å²) in [5.41, 5.74) is 1.03. The van der Waals surface area contributed by atoms with E-state index in [0.29, 0.717) is 24.1 Å². The maximum atomic E-state index is 12.2. The van der Waals surface area contributed by atoms with Crippen LogP contribution in [0.2, 0.25) is 5.02 Å². The monoisotopic (exact) mass is 415 g/mol. The molecule has 0 unspecified atom stereocenters. The van der Waals surface area contributed by atoms with Crippen LogP contribution in [-0.2, 0) is 16.6 Å². The molecular weight excluding hydrogens is 394 g/mol. The molecule has 142 valence electrons. The molecule has 26 heavy (non-hydrogen) atoms. The molecule has 1 aromatic heterocycles. The summed E-state index contributed by atoms with van der Waals surface area (Å²) in [7, 11) is -1.93. The number of hydrogen-bond acceptors (Lipinski definition) is 5. The lowest BCUT2D eigenvalue weighted by Crippen LogP contribution is -2.41. The molecule has 7 nitrogen and oxygen atoms in total. The fourth-order valence-corrected chi connectivity index (χ4v) is 4.28. The zero-order valence-electron chi connectivity index (χ0n) is 14.8. The molecule has 0 aliphatic heterocycles. The van der Waals surface area contributed by atoms with Gasteiger partial charge in [-0.2, -0.15) is 0 Å². The molecular formula is C16H22ClN5O2S2. The van der Waals surface area contributed by atoms with Crippen molar-refractivity contribution in [1.29, 1.82) is 0 Å². The first-order valence-corrected chi connectivity index (χ1v) is 10.6. The van der Waals surface area contributed by atoms with Gasteiger partial charge in [0.2, 0.25) is 10.0 Å². The summed E-state index contributed by atoms with van der Waals surface area (Å²) in [6.45, 7) is 5.18. The molecule has 0 aliphatic rings. The number of halogens is 1. The highest BCUT2D eigenvalue weighted by Crippen LogP contribution is 2.16. The lowest BCUT2D eigenvalue weighted by molar-refractivity contribution is 0.580. The van der Waals surface area contributed by atoms with Gasteiger partial charge in [-0.05, 0) is 32.0 Å². The second-order valence-corrected chi connectivity index (χ2v) is 8.95. The predicted octanol–water partition coefficient (Wildman–Crippen LogP) is 2.06. The Balaban J connectivity index is 1.78. The number of sulfonamides is 1. The summed E-state index contributed by atoms with van der Waals surface area (Å²) in [5, 5.41) is 7.57. The summed E-state index contributed by atoms with van der Waals surface area (Å²) in [5.74, 6) is 0.581. The summed E-state index contributed by atoms with van der Waals surface area (Å²) in [4.78, 5) is 9.90. The van der Waals surface area contributed by atoms with Crippen LogP contribution in [0.5, 0.6) is 0 Å². The van der Waals surface area contributed by atoms with Crippen LogP contribution in [0.4, 0.5) is 0 Å². The standard InChI is InChI=1S/C16H22ClN5O2S2/c1-11-12(2)25-15(22-11)10-20-16(18-3)19-7-8-21-26(23,24)14-6-4-5-13(17)9-14/h4-6,9,21H,7-8,10H2,1-3H3,(H2,18,19,20). The Morgan fingerprint density at radius 2 is 2.04 bits per heavy atom. The van der Waals surface area contributed by atoms with Crippen molar-refractivity contribution in [2.24, 2.45) is 4.99 Å². The summed E-state index contributed by atoms with van der Waals surface area (Å²) < 4.78 is 26.9. The number of aliphatic imine (C=N–C) groups is 1. The predicted molar refractivity (Wildman–Crippen MR) is 106 cm³/mol. The quantitative estimate of drug-likeness (QED) is 0.365. The van der Waals surface area contributed by atoms with Gasteiger partial charge in [0.15, 0.2) is 5.96 Å². The second-order valence-electron chi connectivity index (χ2n) is 5.46. The van der Waals surface area contributed by atoms with E-state index < -0.39 is 10.0 Å². The number of guanidine groups is 1. The zero-order valence-corrected chi connectivity index (χ0v) is 17.2. The van der Waals surface area contributed by atoms with Crippen molar-refractivity contribution < 1.29 is 8.42 Å². The molecule has 0 radical (unpaired) electrons. The van der Waals surface area contributed by atoms with Crippen molar-refractivity contribution in [3.8, 4) is 0 Å². The minimum atomic E-state index is -3.59. The van der Waals surface area contributed by atoms with Crippen molar-refractivity contribution in [1.82, 2.24) is 20.3 Å². The molecule has 10 heteroatoms. The van der Waals surface area contributed by atoms with Gasteiger partial charge < -0.3 is 10.6 Å². The minimum absolute atomic E-state index is 0.141. The number of nitrogens with one attached hydrogen (secondary N) is 3. The van der Waals surface area contributed by atoms with Gasteiger partial charge in [0, 0.05) is 30.0 Å². The van der Waals surface area contributed by atoms with Crippen LogP contribution in [-0.4, -0.2) is 39.5 Å². The summed E-state index contributed by atoms with van der Waals surface area (Å²) in [6.07, 6.45) is 0. The Morgan fingerprint density at radius 1 is 1.27 bits per heavy atom. The fourth-order valence-electron chi connectivity index (χ4n) is 2.08. The van der Waals surface area contributed by atoms with Gasteiger partial charge >= 0.3 is 0 Å². The van der Waals surface area contributed by atoms with Crippen LogP contribution in [0.25, 0.3) is 0 Å². The van der Waals surface area contributed by atoms with Crippen LogP contribution in [0, 0.1) is 13.8 Å². The van der Waals surface area contributed by atoms with Gasteiger partial charge in [0.1, 0.15) is 5.01 Å².